The second-order valence-corrected chi connectivity index (χ2v) is 2.99. The van der Waals surface area contributed by atoms with Gasteiger partial charge in [0.1, 0.15) is 0 Å². The van der Waals surface area contributed by atoms with Gasteiger partial charge in [-0.1, -0.05) is 0 Å². The van der Waals surface area contributed by atoms with E-state index in [2.05, 4.69) is 0 Å². The van der Waals surface area contributed by atoms with E-state index in [0.29, 0.717) is 6.54 Å². The monoisotopic (exact) mass is 162 g/mol. The lowest BCUT2D eigenvalue weighted by Gasteiger charge is -2.24. The van der Waals surface area contributed by atoms with Crippen LogP contribution in [0.25, 0.3) is 0 Å². The molecule has 0 aromatic carbocycles. The molecule has 1 fully saturated rings. The molecule has 4 heteroatoms. The fourth-order valence-electron chi connectivity index (χ4n) is 0.756. The molecule has 1 rings (SSSR count). The number of carbonyl (C=O) groups is 1. The van der Waals surface area contributed by atoms with Gasteiger partial charge in [-0.05, 0) is 6.92 Å². The van der Waals surface area contributed by atoms with Crippen LogP contribution < -0.4 is 0 Å². The maximum Gasteiger partial charge on any atom is 0.218 e. The van der Waals surface area contributed by atoms with Crippen LogP contribution in [-0.4, -0.2) is 29.3 Å². The Morgan fingerprint density at radius 2 is 2.70 bits per heavy atom. The molecule has 3 nitrogen and oxygen atoms in total. The van der Waals surface area contributed by atoms with Crippen LogP contribution in [-0.2, 0) is 9.53 Å². The van der Waals surface area contributed by atoms with Crippen LogP contribution in [0.15, 0.2) is 0 Å². The molecule has 10 heavy (non-hydrogen) atoms. The molecule has 1 aliphatic heterocycles. The average Bonchev–Trinajstić information content (AvgIpc) is 2.15. The second-order valence-electron chi connectivity index (χ2n) is 2.24. The molecule has 0 radical (unpaired) electrons. The van der Waals surface area contributed by atoms with Crippen LogP contribution in [0.4, 0.5) is 0 Å². The quantitative estimate of drug-likeness (QED) is 0.440. The van der Waals surface area contributed by atoms with Crippen molar-refractivity contribution in [2.24, 2.45) is 0 Å². The van der Waals surface area contributed by atoms with E-state index in [9.17, 15) is 4.79 Å². The van der Waals surface area contributed by atoms with Gasteiger partial charge in [0.15, 0.2) is 0 Å². The molecule has 1 heterocycles. The Kier molecular flexibility index (Phi) is 2.51. The molecule has 58 valence electrons. The molecule has 1 aliphatic rings. The second kappa shape index (κ2) is 3.21. The average molecular weight is 163 g/mol. The van der Waals surface area contributed by atoms with Crippen molar-refractivity contribution in [2.45, 2.75) is 12.3 Å². The van der Waals surface area contributed by atoms with Crippen molar-refractivity contribution in [1.82, 2.24) is 4.90 Å². The predicted molar refractivity (Wildman–Crippen MR) is 37.3 cm³/mol. The highest BCUT2D eigenvalue weighted by Gasteiger charge is 2.12. The molecule has 0 N–H and O–H groups in total. The molecule has 0 aliphatic carbocycles. The van der Waals surface area contributed by atoms with E-state index in [4.69, 9.17) is 16.3 Å². The number of nitrogens with zero attached hydrogens (tertiary/aromatic N) is 1. The minimum absolute atomic E-state index is 0.0208. The Hall–Kier alpha value is -0.280. The van der Waals surface area contributed by atoms with Crippen LogP contribution in [0.1, 0.15) is 6.92 Å². The van der Waals surface area contributed by atoms with Crippen molar-refractivity contribution in [3.8, 4) is 0 Å². The highest BCUT2D eigenvalue weighted by Crippen LogP contribution is 2.08. The topological polar surface area (TPSA) is 29.5 Å². The minimum atomic E-state index is -0.0260. The number of ether oxygens (including phenoxy) is 1. The number of hydrogen-bond acceptors (Lipinski definition) is 2. The summed E-state index contributed by atoms with van der Waals surface area (Å²) < 4.78 is 4.76. The van der Waals surface area contributed by atoms with Crippen molar-refractivity contribution in [3.05, 3.63) is 6.73 Å². The lowest BCUT2D eigenvalue weighted by molar-refractivity contribution is -0.126. The summed E-state index contributed by atoms with van der Waals surface area (Å²) in [6, 6.07) is 0. The predicted octanol–water partition coefficient (Wildman–Crippen LogP) is 0.592. The number of halogens is 1. The Balaban J connectivity index is 2.33. The first-order valence-corrected chi connectivity index (χ1v) is 3.52. The Bertz CT molecular complexity index is 138. The van der Waals surface area contributed by atoms with Crippen molar-refractivity contribution in [1.29, 1.82) is 0 Å². The molecule has 0 bridgehead atoms. The fraction of sp³-hybridized carbons (Fsp3) is 0.667. The number of amides is 1. The Morgan fingerprint density at radius 3 is 3.10 bits per heavy atom. The molecule has 1 amide bonds. The van der Waals surface area contributed by atoms with Gasteiger partial charge in [-0.2, -0.15) is 0 Å². The van der Waals surface area contributed by atoms with Gasteiger partial charge in [0.2, 0.25) is 5.91 Å². The lowest BCUT2D eigenvalue weighted by Crippen LogP contribution is -2.28. The summed E-state index contributed by atoms with van der Waals surface area (Å²) in [6.07, 6.45) is 0. The van der Waals surface area contributed by atoms with E-state index in [0.717, 1.165) is 0 Å². The maximum absolute atomic E-state index is 10.8. The highest BCUT2D eigenvalue weighted by molar-refractivity contribution is 6.20. The first kappa shape index (κ1) is 7.82. The fourth-order valence-corrected chi connectivity index (χ4v) is 0.905. The summed E-state index contributed by atoms with van der Waals surface area (Å²) in [7, 11) is 0. The maximum atomic E-state index is 10.8. The zero-order valence-electron chi connectivity index (χ0n) is 5.71. The summed E-state index contributed by atoms with van der Waals surface area (Å²) in [4.78, 5) is 12.3. The molecular weight excluding hydrogens is 154 g/mol. The number of rotatable bonds is 2. The van der Waals surface area contributed by atoms with Crippen LogP contribution in [0.3, 0.4) is 0 Å². The summed E-state index contributed by atoms with van der Waals surface area (Å²) in [5, 5.41) is -0.0260. The number of carbonyl (C=O) groups excluding carboxylic acids is 1. The van der Waals surface area contributed by atoms with Gasteiger partial charge in [0, 0.05) is 11.9 Å². The molecule has 0 saturated carbocycles. The third-order valence-corrected chi connectivity index (χ3v) is 1.32. The zero-order chi connectivity index (χ0) is 7.56. The van der Waals surface area contributed by atoms with E-state index in [1.54, 1.807) is 0 Å². The highest BCUT2D eigenvalue weighted by atomic mass is 35.5. The first-order chi connectivity index (χ1) is 4.70. The molecule has 1 saturated heterocycles. The number of alkyl halides is 1. The minimum Gasteiger partial charge on any atom is -0.525 e. The van der Waals surface area contributed by atoms with Crippen LogP contribution in [0.5, 0.6) is 0 Å². The van der Waals surface area contributed by atoms with E-state index < -0.39 is 0 Å². The van der Waals surface area contributed by atoms with E-state index in [-0.39, 0.29) is 17.9 Å². The van der Waals surface area contributed by atoms with Crippen molar-refractivity contribution in [2.75, 3.05) is 13.2 Å². The van der Waals surface area contributed by atoms with Gasteiger partial charge < -0.3 is 9.64 Å². The van der Waals surface area contributed by atoms with Gasteiger partial charge in [0.05, 0.1) is 6.61 Å². The van der Waals surface area contributed by atoms with Gasteiger partial charge in [-0.15, -0.1) is 18.3 Å². The lowest BCUT2D eigenvalue weighted by atomic mass is 10.4. The molecular formula is C6H9ClNO2-. The Morgan fingerprint density at radius 1 is 2.00 bits per heavy atom. The molecule has 0 aromatic heterocycles. The third kappa shape index (κ3) is 1.85. The SMILES string of the molecule is CC(Cl)CN1[CH-]OCC1=O. The summed E-state index contributed by atoms with van der Waals surface area (Å²) in [5.74, 6) is -0.0208. The summed E-state index contributed by atoms with van der Waals surface area (Å²) in [5.41, 5.74) is 0. The van der Waals surface area contributed by atoms with E-state index >= 15 is 0 Å². The van der Waals surface area contributed by atoms with Gasteiger partial charge >= 0.3 is 0 Å². The normalized spacial score (nSPS) is 21.8. The first-order valence-electron chi connectivity index (χ1n) is 3.08. The van der Waals surface area contributed by atoms with Crippen molar-refractivity contribution in [3.63, 3.8) is 0 Å². The third-order valence-electron chi connectivity index (χ3n) is 1.18. The summed E-state index contributed by atoms with van der Waals surface area (Å²) in [6.45, 7) is 3.94. The van der Waals surface area contributed by atoms with Gasteiger partial charge in [0.25, 0.3) is 0 Å². The van der Waals surface area contributed by atoms with E-state index in [1.165, 1.54) is 11.6 Å². The molecule has 0 aromatic rings. The molecule has 1 atom stereocenters. The smallest absolute Gasteiger partial charge is 0.218 e. The van der Waals surface area contributed by atoms with Crippen molar-refractivity contribution < 1.29 is 9.53 Å². The van der Waals surface area contributed by atoms with Gasteiger partial charge in [-0.25, -0.2) is 0 Å². The Labute approximate surface area is 64.9 Å². The summed E-state index contributed by atoms with van der Waals surface area (Å²) >= 11 is 5.65. The largest absolute Gasteiger partial charge is 0.525 e. The van der Waals surface area contributed by atoms with Crippen molar-refractivity contribution >= 4 is 17.5 Å². The van der Waals surface area contributed by atoms with Crippen LogP contribution in [0, 0.1) is 6.73 Å². The molecule has 0 spiro atoms. The van der Waals surface area contributed by atoms with Gasteiger partial charge in [-0.3, -0.25) is 4.79 Å². The zero-order valence-corrected chi connectivity index (χ0v) is 6.47. The number of hydrogen-bond donors (Lipinski definition) is 0. The standard InChI is InChI=1S/C6H9ClNO2/c1-5(7)2-8-4-10-3-6(8)9/h4-5H,2-3H2,1H3/q-1. The molecule has 1 unspecified atom stereocenters. The van der Waals surface area contributed by atoms with Crippen LogP contribution >= 0.6 is 11.6 Å². The van der Waals surface area contributed by atoms with Crippen LogP contribution in [0.2, 0.25) is 0 Å². The van der Waals surface area contributed by atoms with E-state index in [1.807, 2.05) is 6.92 Å².